The SMILES string of the molecule is CCOc1ccc2nc(Cl)ncc2c1. The molecular formula is C10H9ClN2O. The number of benzene rings is 1. The molecule has 1 heterocycles. The Labute approximate surface area is 86.7 Å². The summed E-state index contributed by atoms with van der Waals surface area (Å²) in [6.07, 6.45) is 1.69. The molecule has 1 aromatic carbocycles. The first-order valence-electron chi connectivity index (χ1n) is 4.34. The average Bonchev–Trinajstić information content (AvgIpc) is 2.19. The minimum absolute atomic E-state index is 0.265. The summed E-state index contributed by atoms with van der Waals surface area (Å²) in [7, 11) is 0. The number of ether oxygens (including phenoxy) is 1. The molecule has 0 spiro atoms. The predicted octanol–water partition coefficient (Wildman–Crippen LogP) is 2.68. The normalized spacial score (nSPS) is 10.4. The van der Waals surface area contributed by atoms with E-state index in [-0.39, 0.29) is 5.28 Å². The summed E-state index contributed by atoms with van der Waals surface area (Å²) in [6.45, 7) is 2.60. The molecule has 14 heavy (non-hydrogen) atoms. The van der Waals surface area contributed by atoms with Crippen molar-refractivity contribution in [1.29, 1.82) is 0 Å². The number of halogens is 1. The molecule has 0 bridgehead atoms. The third-order valence-electron chi connectivity index (χ3n) is 1.83. The lowest BCUT2D eigenvalue weighted by atomic mass is 10.2. The second-order valence-corrected chi connectivity index (χ2v) is 3.13. The zero-order valence-electron chi connectivity index (χ0n) is 7.70. The van der Waals surface area contributed by atoms with E-state index in [0.29, 0.717) is 6.61 Å². The molecule has 0 aliphatic heterocycles. The van der Waals surface area contributed by atoms with Crippen molar-refractivity contribution in [2.75, 3.05) is 6.61 Å². The van der Waals surface area contributed by atoms with E-state index in [0.717, 1.165) is 16.7 Å². The molecule has 0 aliphatic carbocycles. The second-order valence-electron chi connectivity index (χ2n) is 2.79. The maximum Gasteiger partial charge on any atom is 0.222 e. The van der Waals surface area contributed by atoms with Crippen LogP contribution in [0.3, 0.4) is 0 Å². The third kappa shape index (κ3) is 1.77. The van der Waals surface area contributed by atoms with E-state index in [4.69, 9.17) is 16.3 Å². The highest BCUT2D eigenvalue weighted by Crippen LogP contribution is 2.19. The molecule has 0 unspecified atom stereocenters. The molecule has 2 rings (SSSR count). The van der Waals surface area contributed by atoms with Crippen LogP contribution < -0.4 is 4.74 Å². The molecule has 1 aromatic heterocycles. The smallest absolute Gasteiger partial charge is 0.222 e. The van der Waals surface area contributed by atoms with Crippen molar-refractivity contribution in [1.82, 2.24) is 9.97 Å². The number of hydrogen-bond acceptors (Lipinski definition) is 3. The van der Waals surface area contributed by atoms with E-state index in [9.17, 15) is 0 Å². The van der Waals surface area contributed by atoms with Crippen molar-refractivity contribution in [3.05, 3.63) is 29.7 Å². The van der Waals surface area contributed by atoms with Crippen LogP contribution in [-0.4, -0.2) is 16.6 Å². The maximum absolute atomic E-state index is 5.67. The summed E-state index contributed by atoms with van der Waals surface area (Å²) in [6, 6.07) is 5.64. The Morgan fingerprint density at radius 1 is 1.43 bits per heavy atom. The topological polar surface area (TPSA) is 35.0 Å². The van der Waals surface area contributed by atoms with Gasteiger partial charge in [-0.2, -0.15) is 0 Å². The number of fused-ring (bicyclic) bond motifs is 1. The van der Waals surface area contributed by atoms with Crippen LogP contribution in [0, 0.1) is 0 Å². The summed E-state index contributed by atoms with van der Waals surface area (Å²) < 4.78 is 5.36. The molecule has 0 saturated carbocycles. The number of aromatic nitrogens is 2. The first kappa shape index (κ1) is 9.21. The van der Waals surface area contributed by atoms with E-state index in [1.165, 1.54) is 0 Å². The van der Waals surface area contributed by atoms with Gasteiger partial charge < -0.3 is 4.74 Å². The van der Waals surface area contributed by atoms with Crippen LogP contribution in [0.1, 0.15) is 6.92 Å². The zero-order valence-corrected chi connectivity index (χ0v) is 8.45. The summed E-state index contributed by atoms with van der Waals surface area (Å²) in [5.41, 5.74) is 0.827. The molecule has 0 atom stereocenters. The van der Waals surface area contributed by atoms with Crippen molar-refractivity contribution in [2.45, 2.75) is 6.92 Å². The molecule has 4 heteroatoms. The van der Waals surface area contributed by atoms with Crippen LogP contribution in [0.25, 0.3) is 10.9 Å². The lowest BCUT2D eigenvalue weighted by Crippen LogP contribution is -1.91. The van der Waals surface area contributed by atoms with Gasteiger partial charge in [0.2, 0.25) is 5.28 Å². The molecule has 0 aliphatic rings. The molecule has 0 fully saturated rings. The minimum atomic E-state index is 0.265. The van der Waals surface area contributed by atoms with Gasteiger partial charge in [-0.15, -0.1) is 0 Å². The summed E-state index contributed by atoms with van der Waals surface area (Å²) >= 11 is 5.67. The molecular weight excluding hydrogens is 200 g/mol. The molecule has 3 nitrogen and oxygen atoms in total. The van der Waals surface area contributed by atoms with Gasteiger partial charge in [-0.25, -0.2) is 9.97 Å². The summed E-state index contributed by atoms with van der Waals surface area (Å²) in [5.74, 6) is 0.825. The fourth-order valence-corrected chi connectivity index (χ4v) is 1.39. The van der Waals surface area contributed by atoms with E-state index < -0.39 is 0 Å². The fourth-order valence-electron chi connectivity index (χ4n) is 1.25. The molecule has 0 N–H and O–H groups in total. The third-order valence-corrected chi connectivity index (χ3v) is 2.01. The Hall–Kier alpha value is -1.35. The minimum Gasteiger partial charge on any atom is -0.494 e. The Bertz CT molecular complexity index is 459. The lowest BCUT2D eigenvalue weighted by Gasteiger charge is -2.03. The maximum atomic E-state index is 5.67. The highest BCUT2D eigenvalue weighted by molar-refractivity contribution is 6.28. The number of hydrogen-bond donors (Lipinski definition) is 0. The average molecular weight is 209 g/mol. The van der Waals surface area contributed by atoms with E-state index in [1.807, 2.05) is 25.1 Å². The summed E-state index contributed by atoms with van der Waals surface area (Å²) in [4.78, 5) is 7.98. The Morgan fingerprint density at radius 3 is 3.07 bits per heavy atom. The van der Waals surface area contributed by atoms with Crippen LogP contribution in [0.5, 0.6) is 5.75 Å². The first-order valence-corrected chi connectivity index (χ1v) is 4.72. The van der Waals surface area contributed by atoms with Gasteiger partial charge in [-0.3, -0.25) is 0 Å². The summed E-state index contributed by atoms with van der Waals surface area (Å²) in [5, 5.41) is 1.20. The van der Waals surface area contributed by atoms with Crippen LogP contribution in [0.2, 0.25) is 5.28 Å². The second kappa shape index (κ2) is 3.80. The van der Waals surface area contributed by atoms with Crippen molar-refractivity contribution in [2.24, 2.45) is 0 Å². The van der Waals surface area contributed by atoms with E-state index in [2.05, 4.69) is 9.97 Å². The van der Waals surface area contributed by atoms with Crippen molar-refractivity contribution in [3.8, 4) is 5.75 Å². The Balaban J connectivity index is 2.50. The highest BCUT2D eigenvalue weighted by atomic mass is 35.5. The van der Waals surface area contributed by atoms with Gasteiger partial charge in [0.1, 0.15) is 5.75 Å². The quantitative estimate of drug-likeness (QED) is 0.712. The van der Waals surface area contributed by atoms with Crippen LogP contribution in [0.15, 0.2) is 24.4 Å². The number of nitrogens with zero attached hydrogens (tertiary/aromatic N) is 2. The molecule has 0 amide bonds. The monoisotopic (exact) mass is 208 g/mol. The Kier molecular flexibility index (Phi) is 2.50. The predicted molar refractivity (Wildman–Crippen MR) is 55.7 cm³/mol. The Morgan fingerprint density at radius 2 is 2.29 bits per heavy atom. The van der Waals surface area contributed by atoms with E-state index >= 15 is 0 Å². The zero-order chi connectivity index (χ0) is 9.97. The van der Waals surface area contributed by atoms with Crippen LogP contribution >= 0.6 is 11.6 Å². The van der Waals surface area contributed by atoms with E-state index in [1.54, 1.807) is 6.20 Å². The largest absolute Gasteiger partial charge is 0.494 e. The van der Waals surface area contributed by atoms with Crippen molar-refractivity contribution < 1.29 is 4.74 Å². The molecule has 0 saturated heterocycles. The van der Waals surface area contributed by atoms with Gasteiger partial charge in [0.05, 0.1) is 12.1 Å². The fraction of sp³-hybridized carbons (Fsp3) is 0.200. The standard InChI is InChI=1S/C10H9ClN2O/c1-2-14-8-3-4-9-7(5-8)6-12-10(11)13-9/h3-6H,2H2,1H3. The van der Waals surface area contributed by atoms with Crippen LogP contribution in [0.4, 0.5) is 0 Å². The van der Waals surface area contributed by atoms with Crippen molar-refractivity contribution >= 4 is 22.5 Å². The highest BCUT2D eigenvalue weighted by Gasteiger charge is 1.99. The van der Waals surface area contributed by atoms with Crippen molar-refractivity contribution in [3.63, 3.8) is 0 Å². The van der Waals surface area contributed by atoms with Gasteiger partial charge in [0.15, 0.2) is 0 Å². The van der Waals surface area contributed by atoms with Gasteiger partial charge >= 0.3 is 0 Å². The van der Waals surface area contributed by atoms with Gasteiger partial charge in [0.25, 0.3) is 0 Å². The van der Waals surface area contributed by atoms with Gasteiger partial charge in [0, 0.05) is 11.6 Å². The number of rotatable bonds is 2. The molecule has 0 radical (unpaired) electrons. The molecule has 2 aromatic rings. The lowest BCUT2D eigenvalue weighted by molar-refractivity contribution is 0.340. The first-order chi connectivity index (χ1) is 6.79. The van der Waals surface area contributed by atoms with Gasteiger partial charge in [-0.1, -0.05) is 0 Å². The van der Waals surface area contributed by atoms with Crippen LogP contribution in [-0.2, 0) is 0 Å². The molecule has 72 valence electrons. The van der Waals surface area contributed by atoms with Gasteiger partial charge in [-0.05, 0) is 36.7 Å².